The molecule has 0 amide bonds. The van der Waals surface area contributed by atoms with Gasteiger partial charge in [0.1, 0.15) is 6.04 Å². The summed E-state index contributed by atoms with van der Waals surface area (Å²) in [7, 11) is 0. The van der Waals surface area contributed by atoms with Gasteiger partial charge in [-0.2, -0.15) is 0 Å². The number of hydrogen-bond donors (Lipinski definition) is 3. The van der Waals surface area contributed by atoms with Crippen molar-refractivity contribution in [1.29, 1.82) is 0 Å². The minimum Gasteiger partial charge on any atom is -0.480 e. The van der Waals surface area contributed by atoms with Gasteiger partial charge in [0.05, 0.1) is 0 Å². The molecule has 4 heteroatoms. The van der Waals surface area contributed by atoms with Crippen LogP contribution in [0.5, 0.6) is 0 Å². The van der Waals surface area contributed by atoms with Crippen LogP contribution in [-0.2, 0) is 4.79 Å². The van der Waals surface area contributed by atoms with Crippen LogP contribution in [0.25, 0.3) is 0 Å². The molecule has 0 aromatic rings. The van der Waals surface area contributed by atoms with E-state index in [9.17, 15) is 4.79 Å². The molecule has 1 fully saturated rings. The molecule has 10 heavy (non-hydrogen) atoms. The van der Waals surface area contributed by atoms with Crippen LogP contribution in [0.2, 0.25) is 0 Å². The van der Waals surface area contributed by atoms with E-state index in [1.807, 2.05) is 0 Å². The van der Waals surface area contributed by atoms with Gasteiger partial charge in [-0.15, -0.1) is 0 Å². The largest absolute Gasteiger partial charge is 0.480 e. The lowest BCUT2D eigenvalue weighted by molar-refractivity contribution is -0.138. The number of carboxylic acids is 1. The van der Waals surface area contributed by atoms with E-state index < -0.39 is 12.0 Å². The van der Waals surface area contributed by atoms with Gasteiger partial charge < -0.3 is 16.2 Å². The highest BCUT2D eigenvalue weighted by Gasteiger charge is 2.22. The van der Waals surface area contributed by atoms with E-state index in [1.54, 1.807) is 0 Å². The van der Waals surface area contributed by atoms with Crippen molar-refractivity contribution in [2.75, 3.05) is 6.54 Å². The topological polar surface area (TPSA) is 75.3 Å². The molecule has 1 unspecified atom stereocenters. The summed E-state index contributed by atoms with van der Waals surface area (Å²) in [6.45, 7) is 0.389. The van der Waals surface area contributed by atoms with Gasteiger partial charge in [0.15, 0.2) is 0 Å². The van der Waals surface area contributed by atoms with E-state index in [2.05, 4.69) is 5.32 Å². The summed E-state index contributed by atoms with van der Waals surface area (Å²) in [6.07, 6.45) is 2.32. The van der Waals surface area contributed by atoms with E-state index in [0.717, 1.165) is 12.8 Å². The molecule has 1 saturated carbocycles. The zero-order valence-corrected chi connectivity index (χ0v) is 5.71. The standard InChI is InChI=1S/C6H12N2O2/c7-5(6(9)10)3-8-4-1-2-4/h4-5,8H,1-3,7H2,(H,9,10). The van der Waals surface area contributed by atoms with Crippen LogP contribution in [0.3, 0.4) is 0 Å². The number of rotatable bonds is 4. The molecular formula is C6H12N2O2. The fraction of sp³-hybridized carbons (Fsp3) is 0.833. The average molecular weight is 144 g/mol. The van der Waals surface area contributed by atoms with Crippen LogP contribution < -0.4 is 11.1 Å². The summed E-state index contributed by atoms with van der Waals surface area (Å²) in [5, 5.41) is 11.4. The second-order valence-corrected chi connectivity index (χ2v) is 2.63. The molecule has 0 heterocycles. The van der Waals surface area contributed by atoms with Crippen molar-refractivity contribution < 1.29 is 9.90 Å². The first-order valence-corrected chi connectivity index (χ1v) is 3.42. The second-order valence-electron chi connectivity index (χ2n) is 2.63. The lowest BCUT2D eigenvalue weighted by atomic mass is 10.3. The smallest absolute Gasteiger partial charge is 0.321 e. The maximum atomic E-state index is 10.2. The minimum absolute atomic E-state index is 0.389. The molecule has 4 N–H and O–H groups in total. The van der Waals surface area contributed by atoms with Gasteiger partial charge in [-0.3, -0.25) is 4.79 Å². The summed E-state index contributed by atoms with van der Waals surface area (Å²) >= 11 is 0. The van der Waals surface area contributed by atoms with E-state index in [1.165, 1.54) is 0 Å². The number of hydrogen-bond acceptors (Lipinski definition) is 3. The third-order valence-electron chi connectivity index (χ3n) is 1.52. The Hall–Kier alpha value is -0.610. The molecule has 0 bridgehead atoms. The summed E-state index contributed by atoms with van der Waals surface area (Å²) in [5.74, 6) is -0.937. The maximum Gasteiger partial charge on any atom is 0.321 e. The van der Waals surface area contributed by atoms with Crippen LogP contribution in [0.1, 0.15) is 12.8 Å². The van der Waals surface area contributed by atoms with E-state index in [-0.39, 0.29) is 0 Å². The third kappa shape index (κ3) is 2.33. The molecule has 1 aliphatic carbocycles. The lowest BCUT2D eigenvalue weighted by Gasteiger charge is -2.05. The number of carbonyl (C=O) groups is 1. The van der Waals surface area contributed by atoms with Crippen molar-refractivity contribution >= 4 is 5.97 Å². The van der Waals surface area contributed by atoms with Gasteiger partial charge in [0.25, 0.3) is 0 Å². The monoisotopic (exact) mass is 144 g/mol. The Balaban J connectivity index is 2.05. The molecule has 4 nitrogen and oxygen atoms in total. The summed E-state index contributed by atoms with van der Waals surface area (Å²) in [4.78, 5) is 10.2. The maximum absolute atomic E-state index is 10.2. The number of carboxylic acid groups (broad SMARTS) is 1. The summed E-state index contributed by atoms with van der Waals surface area (Å²) < 4.78 is 0. The van der Waals surface area contributed by atoms with Crippen molar-refractivity contribution in [3.8, 4) is 0 Å². The van der Waals surface area contributed by atoms with E-state index >= 15 is 0 Å². The zero-order valence-electron chi connectivity index (χ0n) is 5.71. The molecular weight excluding hydrogens is 132 g/mol. The normalized spacial score (nSPS) is 20.5. The first-order chi connectivity index (χ1) is 4.70. The van der Waals surface area contributed by atoms with Gasteiger partial charge in [0.2, 0.25) is 0 Å². The first-order valence-electron chi connectivity index (χ1n) is 3.42. The quantitative estimate of drug-likeness (QED) is 0.480. The van der Waals surface area contributed by atoms with Crippen molar-refractivity contribution in [3.63, 3.8) is 0 Å². The molecule has 0 saturated heterocycles. The van der Waals surface area contributed by atoms with Gasteiger partial charge in [0, 0.05) is 12.6 Å². The van der Waals surface area contributed by atoms with Crippen molar-refractivity contribution in [1.82, 2.24) is 5.32 Å². The number of nitrogens with one attached hydrogen (secondary N) is 1. The van der Waals surface area contributed by atoms with Gasteiger partial charge in [-0.1, -0.05) is 0 Å². The Kier molecular flexibility index (Phi) is 2.24. The predicted molar refractivity (Wildman–Crippen MR) is 36.6 cm³/mol. The molecule has 0 radical (unpaired) electrons. The predicted octanol–water partition coefficient (Wildman–Crippen LogP) is -0.850. The average Bonchev–Trinajstić information content (AvgIpc) is 2.64. The highest BCUT2D eigenvalue weighted by molar-refractivity contribution is 5.73. The first kappa shape index (κ1) is 7.50. The molecule has 1 atom stereocenters. The van der Waals surface area contributed by atoms with Gasteiger partial charge in [-0.05, 0) is 12.8 Å². The highest BCUT2D eigenvalue weighted by Crippen LogP contribution is 2.18. The molecule has 1 aliphatic rings. The summed E-state index contributed by atoms with van der Waals surface area (Å²) in [6, 6.07) is -0.217. The van der Waals surface area contributed by atoms with Crippen LogP contribution >= 0.6 is 0 Å². The molecule has 1 rings (SSSR count). The second kappa shape index (κ2) is 2.98. The van der Waals surface area contributed by atoms with Crippen LogP contribution in [0.15, 0.2) is 0 Å². The van der Waals surface area contributed by atoms with Crippen molar-refractivity contribution in [2.24, 2.45) is 5.73 Å². The molecule has 0 spiro atoms. The fourth-order valence-corrected chi connectivity index (χ4v) is 0.668. The molecule has 0 aromatic carbocycles. The van der Waals surface area contributed by atoms with Gasteiger partial charge >= 0.3 is 5.97 Å². The molecule has 0 aliphatic heterocycles. The third-order valence-corrected chi connectivity index (χ3v) is 1.52. The Labute approximate surface area is 59.4 Å². The molecule has 58 valence electrons. The molecule has 0 aromatic heterocycles. The number of nitrogens with two attached hydrogens (primary N) is 1. The lowest BCUT2D eigenvalue weighted by Crippen LogP contribution is -2.40. The van der Waals surface area contributed by atoms with Gasteiger partial charge in [-0.25, -0.2) is 0 Å². The Morgan fingerprint density at radius 1 is 1.80 bits per heavy atom. The fourth-order valence-electron chi connectivity index (χ4n) is 0.668. The number of aliphatic carboxylic acids is 1. The minimum atomic E-state index is -0.937. The Morgan fingerprint density at radius 3 is 2.80 bits per heavy atom. The Morgan fingerprint density at radius 2 is 2.40 bits per heavy atom. The highest BCUT2D eigenvalue weighted by atomic mass is 16.4. The Bertz CT molecular complexity index is 134. The van der Waals surface area contributed by atoms with E-state index in [0.29, 0.717) is 12.6 Å². The summed E-state index contributed by atoms with van der Waals surface area (Å²) in [5.41, 5.74) is 5.23. The van der Waals surface area contributed by atoms with Crippen molar-refractivity contribution in [3.05, 3.63) is 0 Å². The SMILES string of the molecule is NC(CNC1CC1)C(=O)O. The van der Waals surface area contributed by atoms with E-state index in [4.69, 9.17) is 10.8 Å². The zero-order chi connectivity index (χ0) is 7.56. The van der Waals surface area contributed by atoms with Crippen molar-refractivity contribution in [2.45, 2.75) is 24.9 Å². The van der Waals surface area contributed by atoms with Crippen LogP contribution in [0.4, 0.5) is 0 Å². The van der Waals surface area contributed by atoms with Crippen LogP contribution in [-0.4, -0.2) is 29.7 Å². The van der Waals surface area contributed by atoms with Crippen LogP contribution in [0, 0.1) is 0 Å².